The summed E-state index contributed by atoms with van der Waals surface area (Å²) in [5.74, 6) is 2.81. The van der Waals surface area contributed by atoms with E-state index in [0.29, 0.717) is 5.41 Å². The molecule has 12 heavy (non-hydrogen) atoms. The van der Waals surface area contributed by atoms with Crippen molar-refractivity contribution in [2.75, 3.05) is 0 Å². The van der Waals surface area contributed by atoms with E-state index in [1.165, 1.54) is 19.3 Å². The Morgan fingerprint density at radius 3 is 2.25 bits per heavy atom. The highest BCUT2D eigenvalue weighted by molar-refractivity contribution is 4.83. The lowest BCUT2D eigenvalue weighted by atomic mass is 9.65. The van der Waals surface area contributed by atoms with Crippen molar-refractivity contribution in [3.63, 3.8) is 0 Å². The molecule has 0 amide bonds. The molecule has 72 valence electrons. The van der Waals surface area contributed by atoms with Gasteiger partial charge in [0.2, 0.25) is 0 Å². The molecule has 1 aliphatic rings. The lowest BCUT2D eigenvalue weighted by molar-refractivity contribution is 0.0996. The Morgan fingerprint density at radius 1 is 1.25 bits per heavy atom. The van der Waals surface area contributed by atoms with Crippen LogP contribution in [0.2, 0.25) is 0 Å². The molecule has 0 heteroatoms. The summed E-state index contributed by atoms with van der Waals surface area (Å²) in [6, 6.07) is 0. The first-order chi connectivity index (χ1) is 5.42. The molecule has 0 spiro atoms. The Kier molecular flexibility index (Phi) is 2.85. The van der Waals surface area contributed by atoms with Crippen LogP contribution in [0.25, 0.3) is 0 Å². The van der Waals surface area contributed by atoms with Crippen molar-refractivity contribution < 1.29 is 0 Å². The Balaban J connectivity index is 2.54. The highest BCUT2D eigenvalue weighted by atomic mass is 14.4. The molecular weight excluding hydrogens is 144 g/mol. The van der Waals surface area contributed by atoms with Crippen LogP contribution in [0.4, 0.5) is 0 Å². The quantitative estimate of drug-likeness (QED) is 0.553. The Morgan fingerprint density at radius 2 is 1.83 bits per heavy atom. The Hall–Kier alpha value is 0. The lowest BCUT2D eigenvalue weighted by Gasteiger charge is -2.41. The molecule has 0 heterocycles. The van der Waals surface area contributed by atoms with Crippen LogP contribution in [-0.2, 0) is 0 Å². The molecule has 0 aromatic rings. The van der Waals surface area contributed by atoms with Crippen LogP contribution < -0.4 is 0 Å². The first kappa shape index (κ1) is 10.1. The average molecular weight is 168 g/mol. The van der Waals surface area contributed by atoms with Gasteiger partial charge >= 0.3 is 0 Å². The van der Waals surface area contributed by atoms with Crippen LogP contribution in [0.5, 0.6) is 0 Å². The van der Waals surface area contributed by atoms with Crippen molar-refractivity contribution in [1.29, 1.82) is 0 Å². The average Bonchev–Trinajstić information content (AvgIpc) is 1.83. The smallest absolute Gasteiger partial charge is 0.0351 e. The van der Waals surface area contributed by atoms with E-state index in [9.17, 15) is 0 Å². The minimum Gasteiger partial charge on any atom is -0.0625 e. The molecule has 0 nitrogen and oxygen atoms in total. The molecule has 0 aromatic carbocycles. The van der Waals surface area contributed by atoms with Crippen molar-refractivity contribution >= 4 is 0 Å². The molecule has 0 radical (unpaired) electrons. The van der Waals surface area contributed by atoms with Crippen LogP contribution in [0, 0.1) is 23.2 Å². The fourth-order valence-corrected chi connectivity index (χ4v) is 2.96. The van der Waals surface area contributed by atoms with E-state index in [1.807, 2.05) is 0 Å². The summed E-state index contributed by atoms with van der Waals surface area (Å²) >= 11 is 0. The molecule has 0 bridgehead atoms. The summed E-state index contributed by atoms with van der Waals surface area (Å²) in [6.45, 7) is 12.0. The van der Waals surface area contributed by atoms with Crippen LogP contribution >= 0.6 is 0 Å². The zero-order valence-corrected chi connectivity index (χ0v) is 9.35. The third-order valence-electron chi connectivity index (χ3n) is 3.62. The van der Waals surface area contributed by atoms with Gasteiger partial charge in [-0.1, -0.05) is 34.6 Å². The van der Waals surface area contributed by atoms with E-state index in [-0.39, 0.29) is 0 Å². The van der Waals surface area contributed by atoms with E-state index >= 15 is 0 Å². The van der Waals surface area contributed by atoms with Gasteiger partial charge < -0.3 is 0 Å². The Labute approximate surface area is 77.7 Å². The van der Waals surface area contributed by atoms with Crippen LogP contribution in [0.1, 0.15) is 53.9 Å². The highest BCUT2D eigenvalue weighted by Crippen LogP contribution is 2.44. The van der Waals surface area contributed by atoms with E-state index in [0.717, 1.165) is 17.8 Å². The van der Waals surface area contributed by atoms with Gasteiger partial charge in [-0.15, -0.1) is 0 Å². The summed E-state index contributed by atoms with van der Waals surface area (Å²) < 4.78 is 0. The van der Waals surface area contributed by atoms with Crippen molar-refractivity contribution in [2.45, 2.75) is 53.9 Å². The number of rotatable bonds is 1. The Bertz CT molecular complexity index is 144. The maximum Gasteiger partial charge on any atom is -0.0351 e. The van der Waals surface area contributed by atoms with E-state index < -0.39 is 0 Å². The zero-order valence-electron chi connectivity index (χ0n) is 9.35. The van der Waals surface area contributed by atoms with Gasteiger partial charge in [-0.3, -0.25) is 0 Å². The van der Waals surface area contributed by atoms with Gasteiger partial charge in [0, 0.05) is 0 Å². The molecule has 1 aliphatic carbocycles. The number of hydrogen-bond donors (Lipinski definition) is 0. The summed E-state index contributed by atoms with van der Waals surface area (Å²) in [4.78, 5) is 0. The van der Waals surface area contributed by atoms with Gasteiger partial charge in [0.25, 0.3) is 0 Å². The van der Waals surface area contributed by atoms with Crippen LogP contribution in [-0.4, -0.2) is 0 Å². The maximum atomic E-state index is 2.44. The molecule has 0 aliphatic heterocycles. The molecule has 1 rings (SSSR count). The highest BCUT2D eigenvalue weighted by Gasteiger charge is 2.33. The zero-order chi connectivity index (χ0) is 9.35. The summed E-state index contributed by atoms with van der Waals surface area (Å²) in [6.07, 6.45) is 4.31. The van der Waals surface area contributed by atoms with E-state index in [2.05, 4.69) is 34.6 Å². The molecule has 1 saturated carbocycles. The largest absolute Gasteiger partial charge is 0.0625 e. The second-order valence-electron chi connectivity index (χ2n) is 5.79. The predicted molar refractivity (Wildman–Crippen MR) is 55.1 cm³/mol. The van der Waals surface area contributed by atoms with Gasteiger partial charge in [0.05, 0.1) is 0 Å². The minimum absolute atomic E-state index is 0.616. The van der Waals surface area contributed by atoms with Crippen molar-refractivity contribution in [3.8, 4) is 0 Å². The maximum absolute atomic E-state index is 2.44. The predicted octanol–water partition coefficient (Wildman–Crippen LogP) is 4.10. The fourth-order valence-electron chi connectivity index (χ4n) is 2.96. The van der Waals surface area contributed by atoms with Gasteiger partial charge in [-0.2, -0.15) is 0 Å². The second-order valence-corrected chi connectivity index (χ2v) is 5.79. The normalized spacial score (nSPS) is 35.5. The van der Waals surface area contributed by atoms with Crippen molar-refractivity contribution in [2.24, 2.45) is 23.2 Å². The first-order valence-corrected chi connectivity index (χ1v) is 5.42. The van der Waals surface area contributed by atoms with Crippen LogP contribution in [0.3, 0.4) is 0 Å². The molecule has 1 unspecified atom stereocenters. The minimum atomic E-state index is 0.616. The first-order valence-electron chi connectivity index (χ1n) is 5.42. The molecule has 0 aromatic heterocycles. The second kappa shape index (κ2) is 3.40. The molecule has 2 atom stereocenters. The van der Waals surface area contributed by atoms with Crippen molar-refractivity contribution in [1.82, 2.24) is 0 Å². The van der Waals surface area contributed by atoms with Gasteiger partial charge in [-0.05, 0) is 42.4 Å². The topological polar surface area (TPSA) is 0 Å². The summed E-state index contributed by atoms with van der Waals surface area (Å²) in [7, 11) is 0. The third kappa shape index (κ3) is 2.24. The summed E-state index contributed by atoms with van der Waals surface area (Å²) in [5.41, 5.74) is 0.616. The molecule has 0 saturated heterocycles. The standard InChI is InChI=1S/C12H24/c1-9(2)11-6-7-12(4,5)8-10(11)3/h9-11H,6-8H2,1-5H3/t10-,11?/m1/s1. The van der Waals surface area contributed by atoms with Gasteiger partial charge in [0.1, 0.15) is 0 Å². The van der Waals surface area contributed by atoms with E-state index in [1.54, 1.807) is 0 Å². The monoisotopic (exact) mass is 168 g/mol. The van der Waals surface area contributed by atoms with Crippen LogP contribution in [0.15, 0.2) is 0 Å². The van der Waals surface area contributed by atoms with Crippen molar-refractivity contribution in [3.05, 3.63) is 0 Å². The summed E-state index contributed by atoms with van der Waals surface area (Å²) in [5, 5.41) is 0. The lowest BCUT2D eigenvalue weighted by Crippen LogP contribution is -2.30. The van der Waals surface area contributed by atoms with Gasteiger partial charge in [0.15, 0.2) is 0 Å². The molecule has 0 N–H and O–H groups in total. The van der Waals surface area contributed by atoms with E-state index in [4.69, 9.17) is 0 Å². The molecule has 1 fully saturated rings. The SMILES string of the molecule is CC(C)C1CCC(C)(C)C[C@H]1C. The van der Waals surface area contributed by atoms with Gasteiger partial charge in [-0.25, -0.2) is 0 Å². The number of hydrogen-bond acceptors (Lipinski definition) is 0. The fraction of sp³-hybridized carbons (Fsp3) is 1.00. The third-order valence-corrected chi connectivity index (χ3v) is 3.62. The molecular formula is C12H24.